The maximum Gasteiger partial charge on any atom is 0.241 e. The Kier molecular flexibility index (Phi) is 3.85. The minimum Gasteiger partial charge on any atom is -0.389 e. The van der Waals surface area contributed by atoms with Gasteiger partial charge in [-0.25, -0.2) is 13.1 Å². The fourth-order valence-corrected chi connectivity index (χ4v) is 3.11. The first-order chi connectivity index (χ1) is 8.47. The Morgan fingerprint density at radius 1 is 1.17 bits per heavy atom. The van der Waals surface area contributed by atoms with Gasteiger partial charge in [0.05, 0.1) is 11.0 Å². The van der Waals surface area contributed by atoms with Crippen LogP contribution in [0.4, 0.5) is 0 Å². The maximum atomic E-state index is 12.1. The maximum absolute atomic E-state index is 12.1. The van der Waals surface area contributed by atoms with Gasteiger partial charge in [-0.3, -0.25) is 0 Å². The second kappa shape index (κ2) is 5.22. The zero-order chi connectivity index (χ0) is 13.2. The number of benzene rings is 1. The molecule has 98 valence electrons. The molecule has 0 unspecified atom stereocenters. The monoisotopic (exact) mass is 267 g/mol. The minimum absolute atomic E-state index is 0.236. The van der Waals surface area contributed by atoms with Gasteiger partial charge in [0.15, 0.2) is 0 Å². The van der Waals surface area contributed by atoms with Crippen LogP contribution in [0.25, 0.3) is 0 Å². The number of aliphatic hydroxyl groups is 1. The molecule has 0 saturated heterocycles. The average molecular weight is 267 g/mol. The molecule has 1 aromatic carbocycles. The highest BCUT2D eigenvalue weighted by Gasteiger charge is 2.21. The number of sulfonamides is 1. The summed E-state index contributed by atoms with van der Waals surface area (Å²) in [6.45, 7) is 1.91. The molecule has 0 bridgehead atoms. The number of hydrogen-bond acceptors (Lipinski definition) is 3. The first-order valence-corrected chi connectivity index (χ1v) is 7.41. The van der Waals surface area contributed by atoms with Crippen LogP contribution < -0.4 is 4.72 Å². The van der Waals surface area contributed by atoms with Crippen LogP contribution in [0.3, 0.4) is 0 Å². The Balaban J connectivity index is 2.12. The van der Waals surface area contributed by atoms with Crippen molar-refractivity contribution in [3.63, 3.8) is 0 Å². The van der Waals surface area contributed by atoms with Crippen molar-refractivity contribution >= 4 is 10.0 Å². The molecule has 0 radical (unpaired) electrons. The summed E-state index contributed by atoms with van der Waals surface area (Å²) in [5.41, 5.74) is 1.02. The molecular formula is C13H17NO3S. The molecule has 18 heavy (non-hydrogen) atoms. The molecule has 2 atom stereocenters. The fraction of sp³-hybridized carbons (Fsp3) is 0.385. The first kappa shape index (κ1) is 13.3. The van der Waals surface area contributed by atoms with Gasteiger partial charge < -0.3 is 5.11 Å². The summed E-state index contributed by atoms with van der Waals surface area (Å²) in [6.07, 6.45) is 4.08. The lowest BCUT2D eigenvalue weighted by atomic mass is 10.0. The fourth-order valence-electron chi connectivity index (χ4n) is 1.89. The SMILES string of the molecule is Cc1ccc(S(=O)(=O)N[C@@H]2C=C[C@H](O)CC2)cc1. The highest BCUT2D eigenvalue weighted by atomic mass is 32.2. The van der Waals surface area contributed by atoms with Gasteiger partial charge in [-0.15, -0.1) is 0 Å². The van der Waals surface area contributed by atoms with Gasteiger partial charge in [0, 0.05) is 6.04 Å². The summed E-state index contributed by atoms with van der Waals surface area (Å²) >= 11 is 0. The molecule has 5 heteroatoms. The van der Waals surface area contributed by atoms with Crippen LogP contribution in [0.1, 0.15) is 18.4 Å². The van der Waals surface area contributed by atoms with E-state index < -0.39 is 16.1 Å². The molecule has 1 aromatic rings. The van der Waals surface area contributed by atoms with Gasteiger partial charge in [0.1, 0.15) is 0 Å². The van der Waals surface area contributed by atoms with E-state index in [1.165, 1.54) is 0 Å². The zero-order valence-corrected chi connectivity index (χ0v) is 11.0. The van der Waals surface area contributed by atoms with Crippen LogP contribution in [-0.2, 0) is 10.0 Å². The molecule has 0 fully saturated rings. The van der Waals surface area contributed by atoms with E-state index in [2.05, 4.69) is 4.72 Å². The molecule has 0 spiro atoms. The molecule has 2 rings (SSSR count). The van der Waals surface area contributed by atoms with Crippen molar-refractivity contribution in [2.24, 2.45) is 0 Å². The Hall–Kier alpha value is -1.17. The van der Waals surface area contributed by atoms with E-state index in [9.17, 15) is 13.5 Å². The van der Waals surface area contributed by atoms with Crippen LogP contribution >= 0.6 is 0 Å². The third-order valence-corrected chi connectivity index (χ3v) is 4.48. The van der Waals surface area contributed by atoms with Crippen molar-refractivity contribution < 1.29 is 13.5 Å². The van der Waals surface area contributed by atoms with Gasteiger partial charge in [-0.1, -0.05) is 29.8 Å². The summed E-state index contributed by atoms with van der Waals surface area (Å²) < 4.78 is 26.8. The largest absolute Gasteiger partial charge is 0.389 e. The van der Waals surface area contributed by atoms with Crippen LogP contribution in [0, 0.1) is 6.92 Å². The van der Waals surface area contributed by atoms with E-state index in [4.69, 9.17) is 0 Å². The number of nitrogens with one attached hydrogen (secondary N) is 1. The van der Waals surface area contributed by atoms with Crippen LogP contribution in [-0.4, -0.2) is 25.7 Å². The van der Waals surface area contributed by atoms with Crippen molar-refractivity contribution in [3.05, 3.63) is 42.0 Å². The van der Waals surface area contributed by atoms with E-state index in [0.29, 0.717) is 12.8 Å². The van der Waals surface area contributed by atoms with Crippen molar-refractivity contribution in [1.82, 2.24) is 4.72 Å². The molecule has 0 saturated carbocycles. The van der Waals surface area contributed by atoms with E-state index in [-0.39, 0.29) is 10.9 Å². The second-order valence-electron chi connectivity index (χ2n) is 4.57. The summed E-state index contributed by atoms with van der Waals surface area (Å²) in [7, 11) is -3.48. The molecule has 0 amide bonds. The molecule has 2 N–H and O–H groups in total. The third kappa shape index (κ3) is 3.19. The zero-order valence-electron chi connectivity index (χ0n) is 10.2. The van der Waals surface area contributed by atoms with Gasteiger partial charge in [-0.05, 0) is 31.9 Å². The lowest BCUT2D eigenvalue weighted by Crippen LogP contribution is -2.35. The van der Waals surface area contributed by atoms with E-state index in [0.717, 1.165) is 5.56 Å². The standard InChI is InChI=1S/C13H17NO3S/c1-10-2-8-13(9-3-10)18(16,17)14-11-4-6-12(15)7-5-11/h2-4,6,8-9,11-12,14-15H,5,7H2,1H3/t11-,12+/m1/s1. The quantitative estimate of drug-likeness (QED) is 0.812. The highest BCUT2D eigenvalue weighted by molar-refractivity contribution is 7.89. The topological polar surface area (TPSA) is 66.4 Å². The highest BCUT2D eigenvalue weighted by Crippen LogP contribution is 2.15. The minimum atomic E-state index is -3.48. The van der Waals surface area contributed by atoms with Gasteiger partial charge in [0.2, 0.25) is 10.0 Å². The van der Waals surface area contributed by atoms with E-state index >= 15 is 0 Å². The smallest absolute Gasteiger partial charge is 0.241 e. The van der Waals surface area contributed by atoms with E-state index in [1.54, 1.807) is 36.4 Å². The lowest BCUT2D eigenvalue weighted by Gasteiger charge is -2.20. The van der Waals surface area contributed by atoms with Gasteiger partial charge in [0.25, 0.3) is 0 Å². The number of aryl methyl sites for hydroxylation is 1. The number of aliphatic hydroxyl groups excluding tert-OH is 1. The predicted molar refractivity (Wildman–Crippen MR) is 69.7 cm³/mol. The Morgan fingerprint density at radius 2 is 1.83 bits per heavy atom. The Morgan fingerprint density at radius 3 is 2.39 bits per heavy atom. The summed E-state index contributed by atoms with van der Waals surface area (Å²) in [4.78, 5) is 0.271. The van der Waals surface area contributed by atoms with Crippen molar-refractivity contribution in [2.75, 3.05) is 0 Å². The summed E-state index contributed by atoms with van der Waals surface area (Å²) in [5.74, 6) is 0. The van der Waals surface area contributed by atoms with Gasteiger partial charge >= 0.3 is 0 Å². The third-order valence-electron chi connectivity index (χ3n) is 2.98. The molecule has 0 heterocycles. The predicted octanol–water partition coefficient (Wildman–Crippen LogP) is 1.35. The Bertz CT molecular complexity index is 534. The lowest BCUT2D eigenvalue weighted by molar-refractivity contribution is 0.200. The van der Waals surface area contributed by atoms with E-state index in [1.807, 2.05) is 6.92 Å². The van der Waals surface area contributed by atoms with Crippen LogP contribution in [0.5, 0.6) is 0 Å². The molecular weight excluding hydrogens is 250 g/mol. The molecule has 4 nitrogen and oxygen atoms in total. The van der Waals surface area contributed by atoms with Gasteiger partial charge in [-0.2, -0.15) is 0 Å². The normalized spacial score (nSPS) is 24.1. The van der Waals surface area contributed by atoms with Crippen molar-refractivity contribution in [1.29, 1.82) is 0 Å². The number of rotatable bonds is 3. The molecule has 1 aliphatic carbocycles. The molecule has 0 aliphatic heterocycles. The van der Waals surface area contributed by atoms with Crippen molar-refractivity contribution in [2.45, 2.75) is 36.8 Å². The molecule has 1 aliphatic rings. The second-order valence-corrected chi connectivity index (χ2v) is 6.28. The molecule has 0 aromatic heterocycles. The average Bonchev–Trinajstić information content (AvgIpc) is 2.32. The van der Waals surface area contributed by atoms with Crippen molar-refractivity contribution in [3.8, 4) is 0 Å². The summed E-state index contributed by atoms with van der Waals surface area (Å²) in [6, 6.07) is 6.50. The van der Waals surface area contributed by atoms with Crippen LogP contribution in [0.15, 0.2) is 41.3 Å². The summed E-state index contributed by atoms with van der Waals surface area (Å²) in [5, 5.41) is 9.31. The van der Waals surface area contributed by atoms with Crippen LogP contribution in [0.2, 0.25) is 0 Å². The number of hydrogen-bond donors (Lipinski definition) is 2. The first-order valence-electron chi connectivity index (χ1n) is 5.93. The Labute approximate surface area is 107 Å².